The van der Waals surface area contributed by atoms with Crippen LogP contribution < -0.4 is 10.2 Å². The summed E-state index contributed by atoms with van der Waals surface area (Å²) in [4.78, 5) is 39.5. The number of carboxylic acids is 1. The first kappa shape index (κ1) is 18.9. The molecule has 150 valence electrons. The van der Waals surface area contributed by atoms with E-state index in [0.717, 1.165) is 11.6 Å². The number of benzene rings is 2. The molecule has 2 aliphatic rings. The van der Waals surface area contributed by atoms with E-state index in [9.17, 15) is 23.9 Å². The lowest BCUT2D eigenvalue weighted by Crippen LogP contribution is -2.31. The van der Waals surface area contributed by atoms with Gasteiger partial charge in [0, 0.05) is 37.8 Å². The molecule has 2 unspecified atom stereocenters. The van der Waals surface area contributed by atoms with Crippen molar-refractivity contribution >= 4 is 23.6 Å². The summed E-state index contributed by atoms with van der Waals surface area (Å²) in [5.41, 5.74) is 1.09. The summed E-state index contributed by atoms with van der Waals surface area (Å²) in [6.45, 7) is 1.10. The number of carboxylic acid groups (broad SMARTS) is 1. The van der Waals surface area contributed by atoms with E-state index in [4.69, 9.17) is 0 Å². The molecule has 2 atom stereocenters. The Morgan fingerprint density at radius 2 is 1.86 bits per heavy atom. The summed E-state index contributed by atoms with van der Waals surface area (Å²) < 4.78 is 14.5. The predicted molar refractivity (Wildman–Crippen MR) is 103 cm³/mol. The van der Waals surface area contributed by atoms with E-state index >= 15 is 0 Å². The second-order valence-corrected chi connectivity index (χ2v) is 7.22. The van der Waals surface area contributed by atoms with Gasteiger partial charge in [0.1, 0.15) is 5.82 Å². The number of carbonyl (C=O) groups excluding carboxylic acids is 2. The van der Waals surface area contributed by atoms with Crippen molar-refractivity contribution in [3.8, 4) is 0 Å². The van der Waals surface area contributed by atoms with Gasteiger partial charge in [-0.2, -0.15) is 0 Å². The standard InChI is InChI=1S/C21H20FN3O4/c22-18-7-6-14(25-9-8-23-21(25)29)10-15(18)19(26)24-11-16(17(12-24)20(27)28)13-4-2-1-3-5-13/h1-7,10,16-17H,8-9,11-12H2,(H,23,29)(H,27,28). The third kappa shape index (κ3) is 3.53. The largest absolute Gasteiger partial charge is 0.481 e. The lowest BCUT2D eigenvalue weighted by atomic mass is 9.89. The second kappa shape index (κ2) is 7.54. The molecule has 2 aliphatic heterocycles. The Hall–Kier alpha value is -3.42. The Labute approximate surface area is 166 Å². The first-order chi connectivity index (χ1) is 14.0. The molecule has 2 N–H and O–H groups in total. The third-order valence-electron chi connectivity index (χ3n) is 5.50. The van der Waals surface area contributed by atoms with Crippen molar-refractivity contribution in [3.05, 3.63) is 65.5 Å². The van der Waals surface area contributed by atoms with Crippen LogP contribution in [0.5, 0.6) is 0 Å². The van der Waals surface area contributed by atoms with E-state index in [1.165, 1.54) is 21.9 Å². The molecule has 2 fully saturated rings. The van der Waals surface area contributed by atoms with Crippen LogP contribution in [0.25, 0.3) is 0 Å². The van der Waals surface area contributed by atoms with Gasteiger partial charge in [-0.15, -0.1) is 0 Å². The number of rotatable bonds is 4. The number of nitrogens with one attached hydrogen (secondary N) is 1. The van der Waals surface area contributed by atoms with Crippen molar-refractivity contribution in [2.45, 2.75) is 5.92 Å². The smallest absolute Gasteiger partial charge is 0.321 e. The molecule has 0 saturated carbocycles. The number of hydrogen-bond acceptors (Lipinski definition) is 3. The Morgan fingerprint density at radius 3 is 2.52 bits per heavy atom. The minimum atomic E-state index is -0.989. The van der Waals surface area contributed by atoms with E-state index in [1.54, 1.807) is 0 Å². The highest BCUT2D eigenvalue weighted by atomic mass is 19.1. The zero-order chi connectivity index (χ0) is 20.5. The van der Waals surface area contributed by atoms with Crippen molar-refractivity contribution in [3.63, 3.8) is 0 Å². The van der Waals surface area contributed by atoms with Gasteiger partial charge >= 0.3 is 12.0 Å². The number of anilines is 1. The van der Waals surface area contributed by atoms with Gasteiger partial charge in [0.2, 0.25) is 0 Å². The highest BCUT2D eigenvalue weighted by Crippen LogP contribution is 2.34. The van der Waals surface area contributed by atoms with Crippen LogP contribution in [0.3, 0.4) is 0 Å². The van der Waals surface area contributed by atoms with E-state index in [-0.39, 0.29) is 30.6 Å². The van der Waals surface area contributed by atoms with E-state index < -0.39 is 23.6 Å². The molecule has 3 amide bonds. The van der Waals surface area contributed by atoms with Gasteiger partial charge in [0.25, 0.3) is 5.91 Å². The molecular formula is C21H20FN3O4. The third-order valence-corrected chi connectivity index (χ3v) is 5.50. The number of hydrogen-bond donors (Lipinski definition) is 2. The summed E-state index contributed by atoms with van der Waals surface area (Å²) >= 11 is 0. The summed E-state index contributed by atoms with van der Waals surface area (Å²) in [6.07, 6.45) is 0. The average molecular weight is 397 g/mol. The van der Waals surface area contributed by atoms with Crippen LogP contribution >= 0.6 is 0 Å². The Balaban J connectivity index is 1.61. The quantitative estimate of drug-likeness (QED) is 0.828. The molecule has 2 aromatic carbocycles. The Bertz CT molecular complexity index is 966. The first-order valence-electron chi connectivity index (χ1n) is 9.37. The van der Waals surface area contributed by atoms with Crippen LogP contribution in [0, 0.1) is 11.7 Å². The summed E-state index contributed by atoms with van der Waals surface area (Å²) in [7, 11) is 0. The molecular weight excluding hydrogens is 377 g/mol. The second-order valence-electron chi connectivity index (χ2n) is 7.22. The van der Waals surface area contributed by atoms with Crippen molar-refractivity contribution in [1.82, 2.24) is 10.2 Å². The molecule has 8 heteroatoms. The lowest BCUT2D eigenvalue weighted by molar-refractivity contribution is -0.141. The van der Waals surface area contributed by atoms with Crippen LogP contribution in [-0.4, -0.2) is 54.1 Å². The Kier molecular flexibility index (Phi) is 4.92. The Morgan fingerprint density at radius 1 is 1.10 bits per heavy atom. The van der Waals surface area contributed by atoms with Gasteiger partial charge in [-0.05, 0) is 23.8 Å². The van der Waals surface area contributed by atoms with Crippen molar-refractivity contribution in [2.24, 2.45) is 5.92 Å². The molecule has 0 spiro atoms. The highest BCUT2D eigenvalue weighted by Gasteiger charge is 2.41. The summed E-state index contributed by atoms with van der Waals surface area (Å²) in [5.74, 6) is -3.40. The monoisotopic (exact) mass is 397 g/mol. The maximum Gasteiger partial charge on any atom is 0.321 e. The molecule has 2 aromatic rings. The zero-order valence-corrected chi connectivity index (χ0v) is 15.5. The van der Waals surface area contributed by atoms with Gasteiger partial charge in [-0.3, -0.25) is 14.5 Å². The van der Waals surface area contributed by atoms with E-state index in [1.807, 2.05) is 30.3 Å². The maximum absolute atomic E-state index is 14.5. The van der Waals surface area contributed by atoms with Gasteiger partial charge in [0.05, 0.1) is 11.5 Å². The number of halogens is 1. The number of carbonyl (C=O) groups is 3. The van der Waals surface area contributed by atoms with Crippen LogP contribution in [0.15, 0.2) is 48.5 Å². The van der Waals surface area contributed by atoms with Gasteiger partial charge in [0.15, 0.2) is 0 Å². The minimum absolute atomic E-state index is 0.00158. The number of amides is 3. The van der Waals surface area contributed by atoms with Gasteiger partial charge in [-0.25, -0.2) is 9.18 Å². The van der Waals surface area contributed by atoms with Gasteiger partial charge < -0.3 is 15.3 Å². The molecule has 0 aromatic heterocycles. The van der Waals surface area contributed by atoms with Crippen molar-refractivity contribution < 1.29 is 23.9 Å². The fraction of sp³-hybridized carbons (Fsp3) is 0.286. The van der Waals surface area contributed by atoms with Crippen LogP contribution in [-0.2, 0) is 4.79 Å². The predicted octanol–water partition coefficient (Wildman–Crippen LogP) is 2.30. The number of nitrogens with zero attached hydrogens (tertiary/aromatic N) is 2. The van der Waals surface area contributed by atoms with Crippen molar-refractivity contribution in [2.75, 3.05) is 31.1 Å². The normalized spacial score (nSPS) is 21.3. The SMILES string of the molecule is O=C(O)C1CN(C(=O)c2cc(N3CCNC3=O)ccc2F)CC1c1ccccc1. The molecule has 2 heterocycles. The fourth-order valence-electron chi connectivity index (χ4n) is 3.99. The molecule has 2 saturated heterocycles. The molecule has 4 rings (SSSR count). The van der Waals surface area contributed by atoms with Crippen LogP contribution in [0.2, 0.25) is 0 Å². The molecule has 0 bridgehead atoms. The van der Waals surface area contributed by atoms with Gasteiger partial charge in [-0.1, -0.05) is 30.3 Å². The highest BCUT2D eigenvalue weighted by molar-refractivity contribution is 5.99. The average Bonchev–Trinajstić information content (AvgIpc) is 3.35. The topological polar surface area (TPSA) is 89.9 Å². The van der Waals surface area contributed by atoms with E-state index in [0.29, 0.717) is 18.8 Å². The molecule has 7 nitrogen and oxygen atoms in total. The molecule has 0 aliphatic carbocycles. The first-order valence-corrected chi connectivity index (χ1v) is 9.37. The van der Waals surface area contributed by atoms with Crippen LogP contribution in [0.4, 0.5) is 14.9 Å². The number of urea groups is 1. The summed E-state index contributed by atoms with van der Waals surface area (Å²) in [5, 5.41) is 12.3. The maximum atomic E-state index is 14.5. The fourth-order valence-corrected chi connectivity index (χ4v) is 3.99. The zero-order valence-electron chi connectivity index (χ0n) is 15.5. The number of aliphatic carboxylic acids is 1. The number of likely N-dealkylation sites (tertiary alicyclic amines) is 1. The van der Waals surface area contributed by atoms with Crippen LogP contribution in [0.1, 0.15) is 21.8 Å². The molecule has 0 radical (unpaired) electrons. The van der Waals surface area contributed by atoms with E-state index in [2.05, 4.69) is 5.32 Å². The minimum Gasteiger partial charge on any atom is -0.481 e. The molecule has 29 heavy (non-hydrogen) atoms. The van der Waals surface area contributed by atoms with Crippen molar-refractivity contribution in [1.29, 1.82) is 0 Å². The lowest BCUT2D eigenvalue weighted by Gasteiger charge is -2.19. The summed E-state index contributed by atoms with van der Waals surface area (Å²) in [6, 6.07) is 12.8.